The second-order valence-electron chi connectivity index (χ2n) is 6.09. The number of carbonyl (C=O) groups excluding carboxylic acids is 1. The molecule has 1 amide bonds. The minimum absolute atomic E-state index is 0.0988. The van der Waals surface area contributed by atoms with Crippen LogP contribution < -0.4 is 0 Å². The average molecular weight is 359 g/mol. The molecule has 2 aliphatic heterocycles. The highest BCUT2D eigenvalue weighted by molar-refractivity contribution is 6.33. The van der Waals surface area contributed by atoms with E-state index in [0.29, 0.717) is 32.8 Å². The van der Waals surface area contributed by atoms with Crippen LogP contribution in [0.2, 0.25) is 5.02 Å². The fourth-order valence-electron chi connectivity index (χ4n) is 3.20. The summed E-state index contributed by atoms with van der Waals surface area (Å²) in [5.74, 6) is -1.06. The number of amides is 1. The van der Waals surface area contributed by atoms with Gasteiger partial charge in [-0.1, -0.05) is 17.7 Å². The summed E-state index contributed by atoms with van der Waals surface area (Å²) in [6, 6.07) is 3.86. The largest absolute Gasteiger partial charge is 0.389 e. The number of aliphatic hydroxyl groups is 2. The summed E-state index contributed by atoms with van der Waals surface area (Å²) in [5, 5.41) is 19.9. The Morgan fingerprint density at radius 3 is 2.58 bits per heavy atom. The van der Waals surface area contributed by atoms with Crippen LogP contribution in [0.25, 0.3) is 0 Å². The van der Waals surface area contributed by atoms with Gasteiger partial charge in [0.05, 0.1) is 35.9 Å². The Bertz CT molecular complexity index is 589. The second kappa shape index (κ2) is 7.33. The average Bonchev–Trinajstić information content (AvgIpc) is 2.57. The van der Waals surface area contributed by atoms with Crippen molar-refractivity contribution >= 4 is 17.5 Å². The fourth-order valence-corrected chi connectivity index (χ4v) is 3.45. The van der Waals surface area contributed by atoms with E-state index < -0.39 is 23.9 Å². The number of piperazine rings is 1. The van der Waals surface area contributed by atoms with Crippen molar-refractivity contribution in [2.75, 3.05) is 39.4 Å². The van der Waals surface area contributed by atoms with Crippen molar-refractivity contribution in [1.29, 1.82) is 0 Å². The maximum absolute atomic E-state index is 13.9. The molecule has 2 aliphatic rings. The smallest absolute Gasteiger partial charge is 0.258 e. The molecule has 0 unspecified atom stereocenters. The lowest BCUT2D eigenvalue weighted by Crippen LogP contribution is -2.60. The third kappa shape index (κ3) is 3.41. The Hall–Kier alpha value is -1.25. The van der Waals surface area contributed by atoms with Crippen LogP contribution in [0.15, 0.2) is 18.2 Å². The number of rotatable bonds is 2. The monoisotopic (exact) mass is 358 g/mol. The molecule has 0 radical (unpaired) electrons. The SMILES string of the molecule is O=C(c1c(F)cccc1Cl)N1CCN([C@@H]2COC[C@@H](O)[C@H]2O)CC1. The van der Waals surface area contributed by atoms with Crippen LogP contribution in [0, 0.1) is 5.82 Å². The molecular weight excluding hydrogens is 339 g/mol. The third-order valence-corrected chi connectivity index (χ3v) is 4.93. The zero-order valence-electron chi connectivity index (χ0n) is 13.1. The van der Waals surface area contributed by atoms with Gasteiger partial charge in [0.25, 0.3) is 5.91 Å². The van der Waals surface area contributed by atoms with E-state index in [1.807, 2.05) is 4.90 Å². The van der Waals surface area contributed by atoms with Gasteiger partial charge in [0.1, 0.15) is 11.9 Å². The summed E-state index contributed by atoms with van der Waals surface area (Å²) in [6.45, 7) is 2.27. The van der Waals surface area contributed by atoms with Crippen LogP contribution in [0.5, 0.6) is 0 Å². The highest BCUT2D eigenvalue weighted by atomic mass is 35.5. The topological polar surface area (TPSA) is 73.2 Å². The van der Waals surface area contributed by atoms with E-state index in [4.69, 9.17) is 16.3 Å². The van der Waals surface area contributed by atoms with Crippen LogP contribution in [-0.4, -0.2) is 83.6 Å². The molecule has 2 N–H and O–H groups in total. The molecule has 8 heteroatoms. The molecule has 6 nitrogen and oxygen atoms in total. The van der Waals surface area contributed by atoms with E-state index in [9.17, 15) is 19.4 Å². The number of nitrogens with zero attached hydrogens (tertiary/aromatic N) is 2. The van der Waals surface area contributed by atoms with Crippen LogP contribution in [-0.2, 0) is 4.74 Å². The molecule has 2 saturated heterocycles. The van der Waals surface area contributed by atoms with E-state index in [1.54, 1.807) is 4.90 Å². The zero-order chi connectivity index (χ0) is 17.3. The van der Waals surface area contributed by atoms with Crippen molar-refractivity contribution in [3.63, 3.8) is 0 Å². The molecule has 1 aromatic rings. The van der Waals surface area contributed by atoms with Gasteiger partial charge in [-0.05, 0) is 12.1 Å². The lowest BCUT2D eigenvalue weighted by molar-refractivity contribution is -0.136. The van der Waals surface area contributed by atoms with Crippen molar-refractivity contribution in [1.82, 2.24) is 9.80 Å². The van der Waals surface area contributed by atoms with Gasteiger partial charge in [0.2, 0.25) is 0 Å². The molecule has 3 atom stereocenters. The van der Waals surface area contributed by atoms with Crippen LogP contribution >= 0.6 is 11.6 Å². The van der Waals surface area contributed by atoms with Crippen molar-refractivity contribution in [2.45, 2.75) is 18.2 Å². The molecular formula is C16H20ClFN2O4. The zero-order valence-corrected chi connectivity index (χ0v) is 13.8. The van der Waals surface area contributed by atoms with Crippen molar-refractivity contribution in [3.05, 3.63) is 34.6 Å². The lowest BCUT2D eigenvalue weighted by atomic mass is 10.0. The first-order chi connectivity index (χ1) is 11.5. The quantitative estimate of drug-likeness (QED) is 0.798. The first-order valence-corrected chi connectivity index (χ1v) is 8.28. The molecule has 2 heterocycles. The predicted octanol–water partition coefficient (Wildman–Crippen LogP) is 0.358. The highest BCUT2D eigenvalue weighted by Gasteiger charge is 2.37. The Balaban J connectivity index is 1.64. The van der Waals surface area contributed by atoms with E-state index in [1.165, 1.54) is 18.2 Å². The molecule has 0 spiro atoms. The molecule has 1 aromatic carbocycles. The van der Waals surface area contributed by atoms with Gasteiger partial charge >= 0.3 is 0 Å². The van der Waals surface area contributed by atoms with Crippen molar-refractivity contribution in [3.8, 4) is 0 Å². The van der Waals surface area contributed by atoms with E-state index in [2.05, 4.69) is 0 Å². The van der Waals surface area contributed by atoms with E-state index in [-0.39, 0.29) is 23.2 Å². The number of halogens is 2. The van der Waals surface area contributed by atoms with Gasteiger partial charge in [-0.25, -0.2) is 4.39 Å². The Morgan fingerprint density at radius 1 is 1.21 bits per heavy atom. The number of benzene rings is 1. The van der Waals surface area contributed by atoms with Crippen molar-refractivity contribution in [2.24, 2.45) is 0 Å². The Labute approximate surface area is 144 Å². The minimum atomic E-state index is -0.902. The number of hydrogen-bond acceptors (Lipinski definition) is 5. The first-order valence-electron chi connectivity index (χ1n) is 7.90. The summed E-state index contributed by atoms with van der Waals surface area (Å²) in [4.78, 5) is 16.0. The molecule has 132 valence electrons. The van der Waals surface area contributed by atoms with Crippen molar-refractivity contribution < 1.29 is 24.1 Å². The maximum Gasteiger partial charge on any atom is 0.258 e. The van der Waals surface area contributed by atoms with Crippen LogP contribution in [0.4, 0.5) is 4.39 Å². The van der Waals surface area contributed by atoms with Gasteiger partial charge in [0.15, 0.2) is 0 Å². The Kier molecular flexibility index (Phi) is 5.36. The molecule has 3 rings (SSSR count). The second-order valence-corrected chi connectivity index (χ2v) is 6.49. The number of carbonyl (C=O) groups is 1. The van der Waals surface area contributed by atoms with Gasteiger partial charge in [0, 0.05) is 26.2 Å². The number of aliphatic hydroxyl groups excluding tert-OH is 2. The highest BCUT2D eigenvalue weighted by Crippen LogP contribution is 2.23. The fraction of sp³-hybridized carbons (Fsp3) is 0.562. The molecule has 0 aliphatic carbocycles. The third-order valence-electron chi connectivity index (χ3n) is 4.61. The van der Waals surface area contributed by atoms with Crippen LogP contribution in [0.1, 0.15) is 10.4 Å². The maximum atomic E-state index is 13.9. The summed E-state index contributed by atoms with van der Waals surface area (Å²) in [5.41, 5.74) is -0.107. The Morgan fingerprint density at radius 2 is 1.92 bits per heavy atom. The summed E-state index contributed by atoms with van der Waals surface area (Å²) < 4.78 is 19.2. The standard InChI is InChI=1S/C16H20ClFN2O4/c17-10-2-1-3-11(18)14(10)16(23)20-6-4-19(5-7-20)12-8-24-9-13(21)15(12)22/h1-3,12-13,15,21-22H,4-9H2/t12-,13-,15+/m1/s1. The molecule has 2 fully saturated rings. The van der Waals surface area contributed by atoms with Gasteiger partial charge in [-0.2, -0.15) is 0 Å². The van der Waals surface area contributed by atoms with Gasteiger partial charge in [-0.3, -0.25) is 9.69 Å². The summed E-state index contributed by atoms with van der Waals surface area (Å²) in [6.07, 6.45) is -1.78. The van der Waals surface area contributed by atoms with Crippen LogP contribution in [0.3, 0.4) is 0 Å². The predicted molar refractivity (Wildman–Crippen MR) is 85.5 cm³/mol. The number of ether oxygens (including phenoxy) is 1. The molecule has 0 aromatic heterocycles. The number of hydrogen-bond donors (Lipinski definition) is 2. The summed E-state index contributed by atoms with van der Waals surface area (Å²) in [7, 11) is 0. The first kappa shape index (κ1) is 17.6. The summed E-state index contributed by atoms with van der Waals surface area (Å²) >= 11 is 5.95. The van der Waals surface area contributed by atoms with E-state index >= 15 is 0 Å². The molecule has 0 saturated carbocycles. The van der Waals surface area contributed by atoms with Gasteiger partial charge in [-0.15, -0.1) is 0 Å². The normalized spacial score (nSPS) is 28.8. The minimum Gasteiger partial charge on any atom is -0.389 e. The lowest BCUT2D eigenvalue weighted by Gasteiger charge is -2.43. The van der Waals surface area contributed by atoms with Gasteiger partial charge < -0.3 is 19.8 Å². The molecule has 0 bridgehead atoms. The van der Waals surface area contributed by atoms with E-state index in [0.717, 1.165) is 0 Å². The molecule has 24 heavy (non-hydrogen) atoms.